The van der Waals surface area contributed by atoms with E-state index < -0.39 is 35.3 Å². The van der Waals surface area contributed by atoms with Gasteiger partial charge in [-0.3, -0.25) is 0 Å². The van der Waals surface area contributed by atoms with Crippen LogP contribution in [0, 0.1) is 17.1 Å². The lowest BCUT2D eigenvalue weighted by atomic mass is 9.84. The third kappa shape index (κ3) is 2.91. The largest absolute Gasteiger partial charge is 0.489 e. The molecule has 2 aromatic rings. The molecule has 1 aromatic heterocycles. The van der Waals surface area contributed by atoms with Crippen LogP contribution in [0.1, 0.15) is 18.2 Å². The van der Waals surface area contributed by atoms with Crippen LogP contribution in [0.25, 0.3) is 11.3 Å². The van der Waals surface area contributed by atoms with Gasteiger partial charge in [-0.2, -0.15) is 18.4 Å². The molecule has 27 heavy (non-hydrogen) atoms. The second-order valence-electron chi connectivity index (χ2n) is 6.49. The molecule has 5 nitrogen and oxygen atoms in total. The third-order valence-corrected chi connectivity index (χ3v) is 4.56. The molecular formula is C18H14F4N2O3. The van der Waals surface area contributed by atoms with Gasteiger partial charge in [0.15, 0.2) is 5.75 Å². The lowest BCUT2D eigenvalue weighted by molar-refractivity contribution is -0.279. The summed E-state index contributed by atoms with van der Waals surface area (Å²) in [6.45, 7) is -0.306. The number of ether oxygens (including phenoxy) is 1. The fraction of sp³-hybridized carbons (Fsp3) is 0.333. The number of fused-ring (bicyclic) bond motifs is 1. The van der Waals surface area contributed by atoms with Crippen LogP contribution in [-0.4, -0.2) is 34.6 Å². The maximum atomic E-state index is 13.4. The van der Waals surface area contributed by atoms with Crippen molar-refractivity contribution in [3.63, 3.8) is 0 Å². The molecule has 0 bridgehead atoms. The average molecular weight is 382 g/mol. The number of nitrogens with zero attached hydrogens (tertiary/aromatic N) is 2. The molecule has 0 radical (unpaired) electrons. The van der Waals surface area contributed by atoms with E-state index in [0.29, 0.717) is 0 Å². The molecule has 2 unspecified atom stereocenters. The van der Waals surface area contributed by atoms with E-state index in [1.807, 2.05) is 6.07 Å². The summed E-state index contributed by atoms with van der Waals surface area (Å²) in [6.07, 6.45) is -5.22. The molecule has 0 saturated heterocycles. The summed E-state index contributed by atoms with van der Waals surface area (Å²) < 4.78 is 58.9. The number of rotatable bonds is 3. The molecule has 0 aliphatic carbocycles. The normalized spacial score (nSPS) is 21.1. The number of hydrogen-bond donors (Lipinski definition) is 2. The molecule has 0 amide bonds. The van der Waals surface area contributed by atoms with Gasteiger partial charge in [-0.1, -0.05) is 0 Å². The van der Waals surface area contributed by atoms with Crippen LogP contribution in [-0.2, 0) is 11.0 Å². The van der Waals surface area contributed by atoms with Crippen LogP contribution < -0.4 is 4.74 Å². The van der Waals surface area contributed by atoms with Gasteiger partial charge in [-0.15, -0.1) is 0 Å². The summed E-state index contributed by atoms with van der Waals surface area (Å²) in [6, 6.07) is 7.67. The second-order valence-corrected chi connectivity index (χ2v) is 6.49. The van der Waals surface area contributed by atoms with Gasteiger partial charge >= 0.3 is 6.18 Å². The van der Waals surface area contributed by atoms with Crippen molar-refractivity contribution in [2.24, 2.45) is 0 Å². The first-order valence-electron chi connectivity index (χ1n) is 7.82. The number of aliphatic hydroxyl groups excluding tert-OH is 1. The molecule has 0 spiro atoms. The standard InChI is InChI=1S/C18H14F4N2O3/c1-16(7-23)9-27-15-12(16)6-13(17(26,8-25)18(20,21)22)24-14(15)10-2-4-11(19)5-3-10/h2-6,25-26H,8-9H2,1H3. The minimum absolute atomic E-state index is 0.0804. The first-order valence-corrected chi connectivity index (χ1v) is 7.82. The molecule has 0 fully saturated rings. The minimum Gasteiger partial charge on any atom is -0.489 e. The van der Waals surface area contributed by atoms with Crippen LogP contribution in [0.15, 0.2) is 30.3 Å². The summed E-state index contributed by atoms with van der Waals surface area (Å²) >= 11 is 0. The van der Waals surface area contributed by atoms with Crippen LogP contribution in [0.3, 0.4) is 0 Å². The molecule has 0 saturated carbocycles. The smallest absolute Gasteiger partial charge is 0.425 e. The maximum absolute atomic E-state index is 13.4. The van der Waals surface area contributed by atoms with Crippen molar-refractivity contribution in [2.45, 2.75) is 24.1 Å². The average Bonchev–Trinajstić information content (AvgIpc) is 2.98. The zero-order valence-electron chi connectivity index (χ0n) is 14.0. The van der Waals surface area contributed by atoms with Crippen molar-refractivity contribution >= 4 is 0 Å². The fourth-order valence-electron chi connectivity index (χ4n) is 2.81. The predicted molar refractivity (Wildman–Crippen MR) is 85.1 cm³/mol. The highest BCUT2D eigenvalue weighted by atomic mass is 19.4. The molecule has 2 atom stereocenters. The zero-order valence-corrected chi connectivity index (χ0v) is 14.0. The lowest BCUT2D eigenvalue weighted by Gasteiger charge is -2.29. The van der Waals surface area contributed by atoms with Gasteiger partial charge in [0.25, 0.3) is 0 Å². The van der Waals surface area contributed by atoms with Gasteiger partial charge in [0.1, 0.15) is 23.5 Å². The molecule has 142 valence electrons. The Balaban J connectivity index is 2.32. The molecular weight excluding hydrogens is 368 g/mol. The van der Waals surface area contributed by atoms with Gasteiger partial charge in [-0.05, 0) is 37.3 Å². The quantitative estimate of drug-likeness (QED) is 0.798. The second kappa shape index (κ2) is 6.18. The first kappa shape index (κ1) is 19.1. The van der Waals surface area contributed by atoms with Crippen LogP contribution >= 0.6 is 0 Å². The Morgan fingerprint density at radius 3 is 2.44 bits per heavy atom. The highest BCUT2D eigenvalue weighted by Crippen LogP contribution is 2.47. The number of nitriles is 1. The van der Waals surface area contributed by atoms with Crippen LogP contribution in [0.2, 0.25) is 0 Å². The van der Waals surface area contributed by atoms with Gasteiger partial charge in [0.05, 0.1) is 18.4 Å². The molecule has 2 N–H and O–H groups in total. The van der Waals surface area contributed by atoms with E-state index in [0.717, 1.165) is 18.2 Å². The van der Waals surface area contributed by atoms with Crippen molar-refractivity contribution < 1.29 is 32.5 Å². The Labute approximate surface area is 151 Å². The molecule has 3 rings (SSSR count). The summed E-state index contributed by atoms with van der Waals surface area (Å²) in [4.78, 5) is 3.87. The number of halogens is 4. The predicted octanol–water partition coefficient (Wildman–Crippen LogP) is 2.80. The topological polar surface area (TPSA) is 86.4 Å². The van der Waals surface area contributed by atoms with Crippen molar-refractivity contribution in [3.8, 4) is 23.1 Å². The summed E-state index contributed by atoms with van der Waals surface area (Å²) in [5.74, 6) is -0.478. The Kier molecular flexibility index (Phi) is 4.37. The fourth-order valence-corrected chi connectivity index (χ4v) is 2.81. The van der Waals surface area contributed by atoms with E-state index in [2.05, 4.69) is 4.98 Å². The van der Waals surface area contributed by atoms with Gasteiger partial charge in [0, 0.05) is 11.1 Å². The number of alkyl halides is 3. The molecule has 1 aromatic carbocycles. The van der Waals surface area contributed by atoms with Crippen molar-refractivity contribution in [2.75, 3.05) is 13.2 Å². The van der Waals surface area contributed by atoms with Crippen molar-refractivity contribution in [3.05, 3.63) is 47.4 Å². The number of hydrogen-bond acceptors (Lipinski definition) is 5. The summed E-state index contributed by atoms with van der Waals surface area (Å²) in [5, 5.41) is 28.8. The van der Waals surface area contributed by atoms with Crippen LogP contribution in [0.5, 0.6) is 5.75 Å². The zero-order chi connectivity index (χ0) is 20.0. The Bertz CT molecular complexity index is 924. The van der Waals surface area contributed by atoms with Crippen molar-refractivity contribution in [1.82, 2.24) is 4.98 Å². The highest BCUT2D eigenvalue weighted by Gasteiger charge is 2.57. The molecule has 1 aliphatic heterocycles. The Morgan fingerprint density at radius 1 is 1.30 bits per heavy atom. The van der Waals surface area contributed by atoms with Crippen molar-refractivity contribution in [1.29, 1.82) is 5.26 Å². The van der Waals surface area contributed by atoms with E-state index in [4.69, 9.17) is 4.74 Å². The van der Waals surface area contributed by atoms with E-state index in [1.165, 1.54) is 19.1 Å². The third-order valence-electron chi connectivity index (χ3n) is 4.56. The Morgan fingerprint density at radius 2 is 1.93 bits per heavy atom. The highest BCUT2D eigenvalue weighted by molar-refractivity contribution is 5.71. The number of benzene rings is 1. The van der Waals surface area contributed by atoms with Crippen LogP contribution in [0.4, 0.5) is 17.6 Å². The molecule has 1 aliphatic rings. The summed E-state index contributed by atoms with van der Waals surface area (Å²) in [5.41, 5.74) is -5.52. The van der Waals surface area contributed by atoms with E-state index in [1.54, 1.807) is 0 Å². The minimum atomic E-state index is -5.22. The maximum Gasteiger partial charge on any atom is 0.425 e. The number of aliphatic hydroxyl groups is 2. The monoisotopic (exact) mass is 382 g/mol. The SMILES string of the molecule is CC1(C#N)COc2c1cc(C(O)(CO)C(F)(F)F)nc2-c1ccc(F)cc1. The van der Waals surface area contributed by atoms with Gasteiger partial charge in [-0.25, -0.2) is 9.37 Å². The van der Waals surface area contributed by atoms with E-state index in [-0.39, 0.29) is 29.2 Å². The summed E-state index contributed by atoms with van der Waals surface area (Å²) in [7, 11) is 0. The number of aromatic nitrogens is 1. The lowest BCUT2D eigenvalue weighted by Crippen LogP contribution is -2.46. The van der Waals surface area contributed by atoms with E-state index >= 15 is 0 Å². The number of pyridine rings is 1. The Hall–Kier alpha value is -2.70. The molecule has 2 heterocycles. The van der Waals surface area contributed by atoms with Gasteiger partial charge < -0.3 is 14.9 Å². The van der Waals surface area contributed by atoms with Gasteiger partial charge in [0.2, 0.25) is 5.60 Å². The first-order chi connectivity index (χ1) is 12.6. The van der Waals surface area contributed by atoms with E-state index in [9.17, 15) is 33.0 Å². The molecule has 9 heteroatoms.